The number of likely N-dealkylation sites (tertiary alicyclic amines) is 1. The molecule has 2 heterocycles. The third kappa shape index (κ3) is 4.54. The quantitative estimate of drug-likeness (QED) is 0.733. The zero-order chi connectivity index (χ0) is 18.8. The predicted molar refractivity (Wildman–Crippen MR) is 91.3 cm³/mol. The van der Waals surface area contributed by atoms with E-state index in [1.54, 1.807) is 13.8 Å². The molecule has 11 heteroatoms. The summed E-state index contributed by atoms with van der Waals surface area (Å²) in [5.41, 5.74) is 0. The van der Waals surface area contributed by atoms with Crippen molar-refractivity contribution >= 4 is 44.2 Å². The molecule has 2 N–H and O–H groups in total. The first-order valence-corrected chi connectivity index (χ1v) is 10.0. The minimum absolute atomic E-state index is 0.121. The van der Waals surface area contributed by atoms with Crippen LogP contribution in [0.5, 0.6) is 0 Å². The number of rotatable bonds is 6. The molecule has 3 amide bonds. The predicted octanol–water partition coefficient (Wildman–Crippen LogP) is 0.553. The van der Waals surface area contributed by atoms with Gasteiger partial charge in [-0.25, -0.2) is 18.1 Å². The van der Waals surface area contributed by atoms with Crippen molar-refractivity contribution in [3.05, 3.63) is 6.20 Å². The van der Waals surface area contributed by atoms with E-state index >= 15 is 0 Å². The van der Waals surface area contributed by atoms with E-state index in [0.717, 1.165) is 17.5 Å². The molecule has 0 radical (unpaired) electrons. The molecule has 1 aromatic heterocycles. The van der Waals surface area contributed by atoms with Gasteiger partial charge in [-0.15, -0.1) is 0 Å². The van der Waals surface area contributed by atoms with Gasteiger partial charge in [-0.05, 0) is 12.3 Å². The van der Waals surface area contributed by atoms with Crippen LogP contribution < -0.4 is 10.0 Å². The van der Waals surface area contributed by atoms with Crippen LogP contribution in [-0.4, -0.2) is 48.6 Å². The van der Waals surface area contributed by atoms with E-state index in [2.05, 4.69) is 10.3 Å². The lowest BCUT2D eigenvalue weighted by atomic mass is 10.0. The highest BCUT2D eigenvalue weighted by Gasteiger charge is 2.37. The highest BCUT2D eigenvalue weighted by Crippen LogP contribution is 2.24. The number of nitrogens with zero attached hydrogens (tertiary/aromatic N) is 2. The lowest BCUT2D eigenvalue weighted by Gasteiger charge is -2.29. The molecule has 1 aliphatic rings. The number of sulfonamides is 1. The highest BCUT2D eigenvalue weighted by molar-refractivity contribution is 7.92. The molecule has 0 unspecified atom stereocenters. The molecule has 1 aliphatic heterocycles. The van der Waals surface area contributed by atoms with Crippen LogP contribution >= 0.6 is 11.3 Å². The maximum absolute atomic E-state index is 12.5. The van der Waals surface area contributed by atoms with Gasteiger partial charge in [0.05, 0.1) is 6.20 Å². The van der Waals surface area contributed by atoms with E-state index in [0.29, 0.717) is 19.4 Å². The molecular weight excluding hydrogens is 368 g/mol. The van der Waals surface area contributed by atoms with Crippen LogP contribution in [0.25, 0.3) is 0 Å². The van der Waals surface area contributed by atoms with E-state index in [9.17, 15) is 22.8 Å². The van der Waals surface area contributed by atoms with Crippen LogP contribution in [0.15, 0.2) is 10.4 Å². The average Bonchev–Trinajstić information content (AvgIpc) is 3.08. The van der Waals surface area contributed by atoms with E-state index in [1.807, 2.05) is 4.72 Å². The molecule has 0 bridgehead atoms. The Morgan fingerprint density at radius 2 is 2.04 bits per heavy atom. The lowest BCUT2D eigenvalue weighted by molar-refractivity contribution is -0.138. The van der Waals surface area contributed by atoms with Gasteiger partial charge in [0.25, 0.3) is 15.9 Å². The smallest absolute Gasteiger partial charge is 0.275 e. The summed E-state index contributed by atoms with van der Waals surface area (Å²) in [6, 6.07) is -0.854. The maximum atomic E-state index is 12.5. The van der Waals surface area contributed by atoms with Gasteiger partial charge in [0.1, 0.15) is 6.04 Å². The standard InChI is InChI=1S/C14H20N4O5S2/c1-8(2)12(18-6-4-5-10(18)20)13(21)17-25(22,23)11-7-15-14(24-11)16-9(3)19/h7-8,12H,4-6H2,1-3H3,(H,17,21)(H,15,16,19)/t12-/m0/s1. The fourth-order valence-electron chi connectivity index (χ4n) is 2.60. The number of carbonyl (C=O) groups is 3. The molecular formula is C14H20N4O5S2. The molecule has 0 aromatic carbocycles. The second-order valence-corrected chi connectivity index (χ2v) is 8.95. The third-order valence-corrected chi connectivity index (χ3v) is 6.33. The van der Waals surface area contributed by atoms with Crippen molar-refractivity contribution in [2.45, 2.75) is 43.9 Å². The Bertz CT molecular complexity index is 787. The second kappa shape index (κ2) is 7.48. The molecule has 1 fully saturated rings. The van der Waals surface area contributed by atoms with Gasteiger partial charge in [0.2, 0.25) is 11.8 Å². The zero-order valence-electron chi connectivity index (χ0n) is 14.1. The molecule has 0 spiro atoms. The number of anilines is 1. The maximum Gasteiger partial charge on any atom is 0.275 e. The lowest BCUT2D eigenvalue weighted by Crippen LogP contribution is -2.51. The van der Waals surface area contributed by atoms with Crippen LogP contribution in [0.3, 0.4) is 0 Å². The zero-order valence-corrected chi connectivity index (χ0v) is 15.7. The Labute approximate surface area is 149 Å². The number of carbonyl (C=O) groups excluding carboxylic acids is 3. The Balaban J connectivity index is 2.17. The molecule has 138 valence electrons. The van der Waals surface area contributed by atoms with E-state index in [-0.39, 0.29) is 27.1 Å². The van der Waals surface area contributed by atoms with E-state index < -0.39 is 22.0 Å². The average molecular weight is 388 g/mol. The van der Waals surface area contributed by atoms with Gasteiger partial charge < -0.3 is 10.2 Å². The number of nitrogens with one attached hydrogen (secondary N) is 2. The Kier molecular flexibility index (Phi) is 5.78. The SMILES string of the molecule is CC(=O)Nc1ncc(S(=O)(=O)NC(=O)[C@H](C(C)C)N2CCCC2=O)s1. The number of aromatic nitrogens is 1. The van der Waals surface area contributed by atoms with Gasteiger partial charge in [-0.3, -0.25) is 14.4 Å². The summed E-state index contributed by atoms with van der Waals surface area (Å²) in [6.07, 6.45) is 2.08. The summed E-state index contributed by atoms with van der Waals surface area (Å²) in [5, 5.41) is 2.50. The summed E-state index contributed by atoms with van der Waals surface area (Å²) in [5.74, 6) is -1.53. The Morgan fingerprint density at radius 3 is 2.56 bits per heavy atom. The number of hydrogen-bond donors (Lipinski definition) is 2. The number of amides is 3. The molecule has 9 nitrogen and oxygen atoms in total. The fourth-order valence-corrected chi connectivity index (χ4v) is 4.68. The minimum atomic E-state index is -4.13. The van der Waals surface area contributed by atoms with Crippen LogP contribution in [0, 0.1) is 5.92 Å². The van der Waals surface area contributed by atoms with Crippen LogP contribution in [-0.2, 0) is 24.4 Å². The molecule has 1 aromatic rings. The van der Waals surface area contributed by atoms with Gasteiger partial charge in [0.15, 0.2) is 9.34 Å². The van der Waals surface area contributed by atoms with Crippen LogP contribution in [0.1, 0.15) is 33.6 Å². The first kappa shape index (κ1) is 19.3. The monoisotopic (exact) mass is 388 g/mol. The second-order valence-electron chi connectivity index (χ2n) is 6.01. The van der Waals surface area contributed by atoms with Crippen molar-refractivity contribution in [2.24, 2.45) is 5.92 Å². The largest absolute Gasteiger partial charge is 0.330 e. The summed E-state index contributed by atoms with van der Waals surface area (Å²) < 4.78 is 26.6. The molecule has 2 rings (SSSR count). The van der Waals surface area contributed by atoms with Crippen molar-refractivity contribution in [3.63, 3.8) is 0 Å². The summed E-state index contributed by atoms with van der Waals surface area (Å²) in [7, 11) is -4.13. The topological polar surface area (TPSA) is 126 Å². The molecule has 1 saturated heterocycles. The minimum Gasteiger partial charge on any atom is -0.330 e. The van der Waals surface area contributed by atoms with Crippen molar-refractivity contribution in [1.29, 1.82) is 0 Å². The molecule has 0 saturated carbocycles. The van der Waals surface area contributed by atoms with Gasteiger partial charge in [-0.2, -0.15) is 0 Å². The van der Waals surface area contributed by atoms with Crippen LogP contribution in [0.4, 0.5) is 5.13 Å². The number of hydrogen-bond acceptors (Lipinski definition) is 7. The van der Waals surface area contributed by atoms with Gasteiger partial charge >= 0.3 is 0 Å². The number of thiazole rings is 1. The first-order chi connectivity index (χ1) is 11.6. The Hall–Kier alpha value is -2.01. The third-order valence-electron chi connectivity index (χ3n) is 3.61. The summed E-state index contributed by atoms with van der Waals surface area (Å²) >= 11 is 0.737. The Morgan fingerprint density at radius 1 is 1.36 bits per heavy atom. The van der Waals surface area contributed by atoms with Crippen molar-refractivity contribution in [2.75, 3.05) is 11.9 Å². The fraction of sp³-hybridized carbons (Fsp3) is 0.571. The van der Waals surface area contributed by atoms with Crippen molar-refractivity contribution in [3.8, 4) is 0 Å². The van der Waals surface area contributed by atoms with Gasteiger partial charge in [-0.1, -0.05) is 25.2 Å². The summed E-state index contributed by atoms with van der Waals surface area (Å²) in [4.78, 5) is 40.6. The van der Waals surface area contributed by atoms with E-state index in [4.69, 9.17) is 0 Å². The van der Waals surface area contributed by atoms with Crippen molar-refractivity contribution < 1.29 is 22.8 Å². The first-order valence-electron chi connectivity index (χ1n) is 7.71. The van der Waals surface area contributed by atoms with E-state index in [1.165, 1.54) is 11.8 Å². The van der Waals surface area contributed by atoms with Crippen LogP contribution in [0.2, 0.25) is 0 Å². The molecule has 1 atom stereocenters. The van der Waals surface area contributed by atoms with Crippen molar-refractivity contribution in [1.82, 2.24) is 14.6 Å². The summed E-state index contributed by atoms with van der Waals surface area (Å²) in [6.45, 7) is 5.22. The normalized spacial score (nSPS) is 16.2. The molecule has 25 heavy (non-hydrogen) atoms. The highest BCUT2D eigenvalue weighted by atomic mass is 32.2. The molecule has 0 aliphatic carbocycles. The van der Waals surface area contributed by atoms with Gasteiger partial charge in [0, 0.05) is 19.9 Å².